The molecular weight excluding hydrogens is 353 g/mol. The minimum atomic E-state index is 0.0970. The van der Waals surface area contributed by atoms with E-state index in [1.807, 2.05) is 29.5 Å². The van der Waals surface area contributed by atoms with E-state index in [1.54, 1.807) is 18.3 Å². The van der Waals surface area contributed by atoms with E-state index in [9.17, 15) is 5.11 Å². The highest BCUT2D eigenvalue weighted by Crippen LogP contribution is 2.32. The monoisotopic (exact) mass is 365 g/mol. The van der Waals surface area contributed by atoms with Crippen molar-refractivity contribution < 1.29 is 9.84 Å². The largest absolute Gasteiger partial charge is 0.504 e. The summed E-state index contributed by atoms with van der Waals surface area (Å²) in [7, 11) is 0. The number of hydrogen-bond donors (Lipinski definition) is 3. The molecule has 0 atom stereocenters. The Hall–Kier alpha value is -1.09. The van der Waals surface area contributed by atoms with Gasteiger partial charge in [-0.25, -0.2) is 0 Å². The van der Waals surface area contributed by atoms with Crippen molar-refractivity contribution in [2.75, 3.05) is 6.61 Å². The molecule has 0 saturated heterocycles. The third-order valence-corrected chi connectivity index (χ3v) is 2.65. The van der Waals surface area contributed by atoms with Gasteiger partial charge in [0, 0.05) is 0 Å². The van der Waals surface area contributed by atoms with Crippen molar-refractivity contribution in [2.45, 2.75) is 6.92 Å². The second-order valence-electron chi connectivity index (χ2n) is 3.02. The van der Waals surface area contributed by atoms with Gasteiger partial charge >= 0.3 is 0 Å². The summed E-state index contributed by atoms with van der Waals surface area (Å²) >= 11 is 6.63. The smallest absolute Gasteiger partial charge is 0.184 e. The zero-order valence-corrected chi connectivity index (χ0v) is 12.1. The first-order valence-electron chi connectivity index (χ1n) is 4.78. The third-order valence-electron chi connectivity index (χ3n) is 1.74. The first kappa shape index (κ1) is 14.0. The number of hydrazone groups is 1. The van der Waals surface area contributed by atoms with Gasteiger partial charge in [-0.15, -0.1) is 0 Å². The van der Waals surface area contributed by atoms with Crippen LogP contribution in [0.2, 0.25) is 0 Å². The second-order valence-corrected chi connectivity index (χ2v) is 4.62. The number of phenols is 1. The number of halogens is 1. The molecule has 0 unspecified atom stereocenters. The summed E-state index contributed by atoms with van der Waals surface area (Å²) in [6.45, 7) is 2.33. The van der Waals surface area contributed by atoms with Crippen LogP contribution in [0.1, 0.15) is 12.5 Å². The van der Waals surface area contributed by atoms with Crippen molar-refractivity contribution in [1.29, 1.82) is 0 Å². The van der Waals surface area contributed by atoms with E-state index >= 15 is 0 Å². The zero-order valence-electron chi connectivity index (χ0n) is 9.11. The fraction of sp³-hybridized carbons (Fsp3) is 0.200. The van der Waals surface area contributed by atoms with Crippen molar-refractivity contribution >= 4 is 46.1 Å². The number of nitrogens with one attached hydrogen (secondary N) is 1. The van der Waals surface area contributed by atoms with Gasteiger partial charge in [-0.1, -0.05) is 0 Å². The quantitative estimate of drug-likeness (QED) is 0.327. The lowest BCUT2D eigenvalue weighted by atomic mass is 10.2. The van der Waals surface area contributed by atoms with Crippen LogP contribution in [0.15, 0.2) is 17.2 Å². The summed E-state index contributed by atoms with van der Waals surface area (Å²) in [4.78, 5) is 0. The van der Waals surface area contributed by atoms with Gasteiger partial charge in [0.15, 0.2) is 16.6 Å². The first-order chi connectivity index (χ1) is 8.04. The van der Waals surface area contributed by atoms with Crippen molar-refractivity contribution in [3.8, 4) is 11.5 Å². The Labute approximate surface area is 118 Å². The molecule has 0 spiro atoms. The van der Waals surface area contributed by atoms with Gasteiger partial charge in [-0.05, 0) is 59.4 Å². The van der Waals surface area contributed by atoms with Crippen LogP contribution in [0.4, 0.5) is 0 Å². The van der Waals surface area contributed by atoms with Crippen molar-refractivity contribution in [3.05, 3.63) is 21.3 Å². The number of phenolic OH excluding ortho intramolecular Hbond substituents is 1. The molecule has 92 valence electrons. The molecule has 0 radical (unpaired) electrons. The SMILES string of the molecule is CCOc1cc(/C=N/NC(N)=S)cc(I)c1O. The van der Waals surface area contributed by atoms with E-state index in [-0.39, 0.29) is 10.9 Å². The topological polar surface area (TPSA) is 79.9 Å². The molecule has 1 aromatic carbocycles. The van der Waals surface area contributed by atoms with E-state index in [0.29, 0.717) is 15.9 Å². The van der Waals surface area contributed by atoms with Crippen LogP contribution in [-0.4, -0.2) is 23.0 Å². The first-order valence-corrected chi connectivity index (χ1v) is 6.27. The summed E-state index contributed by atoms with van der Waals surface area (Å²) in [6.07, 6.45) is 1.54. The van der Waals surface area contributed by atoms with Gasteiger partial charge in [0.05, 0.1) is 16.4 Å². The fourth-order valence-corrected chi connectivity index (χ4v) is 1.78. The average Bonchev–Trinajstić information content (AvgIpc) is 2.25. The Morgan fingerprint density at radius 3 is 3.00 bits per heavy atom. The Morgan fingerprint density at radius 2 is 2.41 bits per heavy atom. The summed E-state index contributed by atoms with van der Waals surface area (Å²) < 4.78 is 5.98. The van der Waals surface area contributed by atoms with Crippen molar-refractivity contribution in [2.24, 2.45) is 10.8 Å². The lowest BCUT2D eigenvalue weighted by Crippen LogP contribution is -2.23. The number of nitrogens with zero attached hydrogens (tertiary/aromatic N) is 1. The summed E-state index contributed by atoms with van der Waals surface area (Å²) in [5, 5.41) is 13.7. The van der Waals surface area contributed by atoms with Crippen LogP contribution < -0.4 is 15.9 Å². The number of thiocarbonyl (C=S) groups is 1. The molecule has 17 heavy (non-hydrogen) atoms. The predicted molar refractivity (Wildman–Crippen MR) is 79.5 cm³/mol. The zero-order chi connectivity index (χ0) is 12.8. The van der Waals surface area contributed by atoms with Gasteiger partial charge in [-0.3, -0.25) is 5.43 Å². The number of ether oxygens (including phenoxy) is 1. The number of aromatic hydroxyl groups is 1. The minimum Gasteiger partial charge on any atom is -0.504 e. The highest BCUT2D eigenvalue weighted by molar-refractivity contribution is 14.1. The van der Waals surface area contributed by atoms with Gasteiger partial charge < -0.3 is 15.6 Å². The molecule has 0 aliphatic rings. The molecule has 0 bridgehead atoms. The molecule has 1 rings (SSSR count). The molecule has 4 N–H and O–H groups in total. The third kappa shape index (κ3) is 4.35. The van der Waals surface area contributed by atoms with Crippen LogP contribution in [0.3, 0.4) is 0 Å². The highest BCUT2D eigenvalue weighted by atomic mass is 127. The van der Waals surface area contributed by atoms with Gasteiger partial charge in [0.25, 0.3) is 0 Å². The minimum absolute atomic E-state index is 0.0970. The molecule has 1 aromatic rings. The number of benzene rings is 1. The normalized spacial score (nSPS) is 10.5. The molecular formula is C10H12IN3O2S. The maximum atomic E-state index is 9.73. The Kier molecular flexibility index (Phi) is 5.42. The summed E-state index contributed by atoms with van der Waals surface area (Å²) in [6, 6.07) is 3.45. The Morgan fingerprint density at radius 1 is 1.71 bits per heavy atom. The fourth-order valence-electron chi connectivity index (χ4n) is 1.10. The Bertz CT molecular complexity index is 451. The van der Waals surface area contributed by atoms with E-state index in [0.717, 1.165) is 5.56 Å². The van der Waals surface area contributed by atoms with Crippen LogP contribution >= 0.6 is 34.8 Å². The van der Waals surface area contributed by atoms with Gasteiger partial charge in [-0.2, -0.15) is 5.10 Å². The van der Waals surface area contributed by atoms with Crippen LogP contribution in [0.5, 0.6) is 11.5 Å². The predicted octanol–water partition coefficient (Wildman–Crippen LogP) is 1.56. The van der Waals surface area contributed by atoms with E-state index in [1.165, 1.54) is 0 Å². The second kappa shape index (κ2) is 6.60. The molecule has 0 fully saturated rings. The van der Waals surface area contributed by atoms with Crippen LogP contribution in [0, 0.1) is 3.57 Å². The number of nitrogens with two attached hydrogens (primary N) is 1. The molecule has 0 amide bonds. The highest BCUT2D eigenvalue weighted by Gasteiger charge is 2.07. The molecule has 0 aromatic heterocycles. The molecule has 0 saturated carbocycles. The van der Waals surface area contributed by atoms with E-state index in [4.69, 9.17) is 10.5 Å². The molecule has 5 nitrogen and oxygen atoms in total. The van der Waals surface area contributed by atoms with Crippen LogP contribution in [0.25, 0.3) is 0 Å². The van der Waals surface area contributed by atoms with Crippen molar-refractivity contribution in [1.82, 2.24) is 5.43 Å². The molecule has 0 aliphatic heterocycles. The maximum absolute atomic E-state index is 9.73. The summed E-state index contributed by atoms with van der Waals surface area (Å²) in [5.41, 5.74) is 8.46. The standard InChI is InChI=1S/C10H12IN3O2S/c1-2-16-8-4-6(3-7(11)9(8)15)5-13-14-10(12)17/h3-5,15H,2H2,1H3,(H3,12,14,17)/b13-5+. The number of rotatable bonds is 4. The summed E-state index contributed by atoms with van der Waals surface area (Å²) in [5.74, 6) is 0.558. The van der Waals surface area contributed by atoms with Crippen molar-refractivity contribution in [3.63, 3.8) is 0 Å². The van der Waals surface area contributed by atoms with Gasteiger partial charge in [0.2, 0.25) is 0 Å². The van der Waals surface area contributed by atoms with E-state index in [2.05, 4.69) is 22.7 Å². The Balaban J connectivity index is 2.93. The maximum Gasteiger partial charge on any atom is 0.184 e. The van der Waals surface area contributed by atoms with Crippen LogP contribution in [-0.2, 0) is 0 Å². The van der Waals surface area contributed by atoms with E-state index < -0.39 is 0 Å². The molecule has 7 heteroatoms. The lowest BCUT2D eigenvalue weighted by molar-refractivity contribution is 0.317. The molecule has 0 aliphatic carbocycles. The molecule has 0 heterocycles. The average molecular weight is 365 g/mol. The number of hydrogen-bond acceptors (Lipinski definition) is 4. The van der Waals surface area contributed by atoms with Gasteiger partial charge in [0.1, 0.15) is 0 Å². The lowest BCUT2D eigenvalue weighted by Gasteiger charge is -2.08.